The number of rotatable bonds is 3. The predicted molar refractivity (Wildman–Crippen MR) is 65.0 cm³/mol. The molecule has 0 aliphatic heterocycles. The van der Waals surface area contributed by atoms with Gasteiger partial charge in [-0.05, 0) is 19.3 Å². The molecule has 1 aliphatic carbocycles. The van der Waals surface area contributed by atoms with Gasteiger partial charge in [-0.1, -0.05) is 32.1 Å². The molecule has 2 nitrogen and oxygen atoms in total. The third-order valence-electron chi connectivity index (χ3n) is 3.33. The fourth-order valence-corrected chi connectivity index (χ4v) is 3.13. The quantitative estimate of drug-likeness (QED) is 0.854. The Balaban J connectivity index is 1.88. The van der Waals surface area contributed by atoms with Gasteiger partial charge in [0.25, 0.3) is 0 Å². The summed E-state index contributed by atoms with van der Waals surface area (Å²) in [4.78, 5) is 4.47. The van der Waals surface area contributed by atoms with E-state index in [1.807, 2.05) is 6.92 Å². The molecule has 2 N–H and O–H groups in total. The first-order valence-corrected chi connectivity index (χ1v) is 6.81. The molecule has 1 aromatic heterocycles. The maximum absolute atomic E-state index is 6.18. The van der Waals surface area contributed by atoms with Crippen molar-refractivity contribution in [1.82, 2.24) is 4.98 Å². The normalized spacial score (nSPS) is 20.4. The van der Waals surface area contributed by atoms with Crippen LogP contribution in [0.1, 0.15) is 55.3 Å². The SMILES string of the molecule is Cc1nc(C(N)CC2CCCCC2)cs1. The number of aryl methyl sites for hydroxylation is 1. The highest BCUT2D eigenvalue weighted by atomic mass is 32.1. The number of hydrogen-bond donors (Lipinski definition) is 1. The molecule has 1 heterocycles. The van der Waals surface area contributed by atoms with Crippen LogP contribution >= 0.6 is 11.3 Å². The summed E-state index contributed by atoms with van der Waals surface area (Å²) in [5.41, 5.74) is 7.28. The summed E-state index contributed by atoms with van der Waals surface area (Å²) in [6.07, 6.45) is 8.08. The van der Waals surface area contributed by atoms with Gasteiger partial charge < -0.3 is 5.73 Å². The highest BCUT2D eigenvalue weighted by Gasteiger charge is 2.18. The standard InChI is InChI=1S/C12H20N2S/c1-9-14-12(8-15-9)11(13)7-10-5-3-2-4-6-10/h8,10-11H,2-7,13H2,1H3. The van der Waals surface area contributed by atoms with Crippen molar-refractivity contribution in [2.24, 2.45) is 11.7 Å². The smallest absolute Gasteiger partial charge is 0.0898 e. The fourth-order valence-electron chi connectivity index (χ4n) is 2.45. The van der Waals surface area contributed by atoms with Crippen LogP contribution < -0.4 is 5.73 Å². The molecule has 1 aromatic rings. The van der Waals surface area contributed by atoms with Gasteiger partial charge in [-0.3, -0.25) is 0 Å². The lowest BCUT2D eigenvalue weighted by molar-refractivity contribution is 0.318. The summed E-state index contributed by atoms with van der Waals surface area (Å²) in [7, 11) is 0. The molecule has 84 valence electrons. The fraction of sp³-hybridized carbons (Fsp3) is 0.750. The predicted octanol–water partition coefficient (Wildman–Crippen LogP) is 3.42. The van der Waals surface area contributed by atoms with E-state index in [-0.39, 0.29) is 6.04 Å². The Hall–Kier alpha value is -0.410. The summed E-state index contributed by atoms with van der Waals surface area (Å²) in [5.74, 6) is 0.843. The van der Waals surface area contributed by atoms with Crippen molar-refractivity contribution in [1.29, 1.82) is 0 Å². The average molecular weight is 224 g/mol. The number of nitrogens with zero attached hydrogens (tertiary/aromatic N) is 1. The summed E-state index contributed by atoms with van der Waals surface area (Å²) in [6.45, 7) is 2.04. The molecule has 1 atom stereocenters. The molecule has 0 radical (unpaired) electrons. The van der Waals surface area contributed by atoms with Crippen LogP contribution in [-0.4, -0.2) is 4.98 Å². The van der Waals surface area contributed by atoms with Gasteiger partial charge in [0.15, 0.2) is 0 Å². The van der Waals surface area contributed by atoms with E-state index in [1.54, 1.807) is 11.3 Å². The molecular weight excluding hydrogens is 204 g/mol. The zero-order valence-corrected chi connectivity index (χ0v) is 10.2. The number of thiazole rings is 1. The van der Waals surface area contributed by atoms with Gasteiger partial charge in [0.2, 0.25) is 0 Å². The van der Waals surface area contributed by atoms with Gasteiger partial charge in [0.05, 0.1) is 10.7 Å². The second kappa shape index (κ2) is 5.08. The van der Waals surface area contributed by atoms with Crippen LogP contribution in [0.3, 0.4) is 0 Å². The molecule has 3 heteroatoms. The summed E-state index contributed by atoms with van der Waals surface area (Å²) in [6, 6.07) is 0.165. The highest BCUT2D eigenvalue weighted by Crippen LogP contribution is 2.30. The molecular formula is C12H20N2S. The number of hydrogen-bond acceptors (Lipinski definition) is 3. The largest absolute Gasteiger partial charge is 0.323 e. The zero-order valence-electron chi connectivity index (χ0n) is 9.41. The Morgan fingerprint density at radius 2 is 2.20 bits per heavy atom. The molecule has 2 rings (SSSR count). The van der Waals surface area contributed by atoms with Crippen LogP contribution in [0, 0.1) is 12.8 Å². The van der Waals surface area contributed by atoms with Crippen LogP contribution in [0.2, 0.25) is 0 Å². The van der Waals surface area contributed by atoms with Crippen LogP contribution in [0.25, 0.3) is 0 Å². The Morgan fingerprint density at radius 3 is 2.80 bits per heavy atom. The van der Waals surface area contributed by atoms with E-state index in [1.165, 1.54) is 32.1 Å². The van der Waals surface area contributed by atoms with E-state index in [2.05, 4.69) is 10.4 Å². The van der Waals surface area contributed by atoms with E-state index in [4.69, 9.17) is 5.73 Å². The number of aromatic nitrogens is 1. The summed E-state index contributed by atoms with van der Waals surface area (Å²) < 4.78 is 0. The topological polar surface area (TPSA) is 38.9 Å². The van der Waals surface area contributed by atoms with Crippen LogP contribution in [0.4, 0.5) is 0 Å². The average Bonchev–Trinajstić information content (AvgIpc) is 2.66. The Labute approximate surface area is 95.9 Å². The number of nitrogens with two attached hydrogens (primary N) is 1. The lowest BCUT2D eigenvalue weighted by Gasteiger charge is -2.23. The summed E-state index contributed by atoms with van der Waals surface area (Å²) in [5, 5.41) is 3.24. The van der Waals surface area contributed by atoms with Gasteiger partial charge in [0.1, 0.15) is 0 Å². The third-order valence-corrected chi connectivity index (χ3v) is 4.12. The molecule has 0 saturated heterocycles. The van der Waals surface area contributed by atoms with Crippen molar-refractivity contribution in [3.05, 3.63) is 16.1 Å². The second-order valence-electron chi connectivity index (χ2n) is 4.64. The Bertz CT molecular complexity index is 302. The molecule has 0 spiro atoms. The molecule has 15 heavy (non-hydrogen) atoms. The first-order valence-electron chi connectivity index (χ1n) is 5.93. The zero-order chi connectivity index (χ0) is 10.7. The Morgan fingerprint density at radius 1 is 1.47 bits per heavy atom. The van der Waals surface area contributed by atoms with E-state index < -0.39 is 0 Å². The van der Waals surface area contributed by atoms with Crippen molar-refractivity contribution in [3.8, 4) is 0 Å². The van der Waals surface area contributed by atoms with Crippen molar-refractivity contribution in [2.75, 3.05) is 0 Å². The lowest BCUT2D eigenvalue weighted by atomic mass is 9.84. The first-order chi connectivity index (χ1) is 7.25. The van der Waals surface area contributed by atoms with Crippen LogP contribution in [0.5, 0.6) is 0 Å². The second-order valence-corrected chi connectivity index (χ2v) is 5.70. The minimum Gasteiger partial charge on any atom is -0.323 e. The minimum atomic E-state index is 0.165. The molecule has 0 amide bonds. The molecule has 0 bridgehead atoms. The maximum Gasteiger partial charge on any atom is 0.0898 e. The molecule has 1 saturated carbocycles. The maximum atomic E-state index is 6.18. The van der Waals surface area contributed by atoms with E-state index in [0.29, 0.717) is 0 Å². The Kier molecular flexibility index (Phi) is 3.76. The van der Waals surface area contributed by atoms with Crippen molar-refractivity contribution >= 4 is 11.3 Å². The van der Waals surface area contributed by atoms with Gasteiger partial charge in [0, 0.05) is 11.4 Å². The van der Waals surface area contributed by atoms with E-state index in [0.717, 1.165) is 23.0 Å². The first kappa shape index (κ1) is 11.1. The van der Waals surface area contributed by atoms with Gasteiger partial charge in [-0.15, -0.1) is 11.3 Å². The lowest BCUT2D eigenvalue weighted by Crippen LogP contribution is -2.17. The third kappa shape index (κ3) is 3.02. The van der Waals surface area contributed by atoms with Gasteiger partial charge >= 0.3 is 0 Å². The van der Waals surface area contributed by atoms with E-state index >= 15 is 0 Å². The highest BCUT2D eigenvalue weighted by molar-refractivity contribution is 7.09. The van der Waals surface area contributed by atoms with Crippen molar-refractivity contribution < 1.29 is 0 Å². The molecule has 1 aliphatic rings. The molecule has 1 fully saturated rings. The van der Waals surface area contributed by atoms with Gasteiger partial charge in [-0.25, -0.2) is 4.98 Å². The van der Waals surface area contributed by atoms with Crippen molar-refractivity contribution in [3.63, 3.8) is 0 Å². The van der Waals surface area contributed by atoms with Crippen LogP contribution in [-0.2, 0) is 0 Å². The molecule has 0 aromatic carbocycles. The minimum absolute atomic E-state index is 0.165. The summed E-state index contributed by atoms with van der Waals surface area (Å²) >= 11 is 1.70. The van der Waals surface area contributed by atoms with Crippen LogP contribution in [0.15, 0.2) is 5.38 Å². The van der Waals surface area contributed by atoms with Gasteiger partial charge in [-0.2, -0.15) is 0 Å². The van der Waals surface area contributed by atoms with Crippen molar-refractivity contribution in [2.45, 2.75) is 51.5 Å². The molecule has 1 unspecified atom stereocenters. The van der Waals surface area contributed by atoms with E-state index in [9.17, 15) is 0 Å². The monoisotopic (exact) mass is 224 g/mol.